The zero-order valence-electron chi connectivity index (χ0n) is 28.8. The molecule has 4 bridgehead atoms. The summed E-state index contributed by atoms with van der Waals surface area (Å²) in [6, 6.07) is 4.10. The monoisotopic (exact) mass is 676 g/mol. The lowest BCUT2D eigenvalue weighted by atomic mass is 9.48. The predicted molar refractivity (Wildman–Crippen MR) is 187 cm³/mol. The third-order valence-electron chi connectivity index (χ3n) is 15.9. The molecule has 8 atom stereocenters. The lowest BCUT2D eigenvalue weighted by Crippen LogP contribution is -2.75. The third kappa shape index (κ3) is 3.19. The molecule has 2 aromatic carbocycles. The largest absolute Gasteiger partial charge is 0.504 e. The minimum absolute atomic E-state index is 0.0184. The number of aliphatic hydroxyl groups is 2. The van der Waals surface area contributed by atoms with Crippen LogP contribution in [0.4, 0.5) is 0 Å². The summed E-state index contributed by atoms with van der Waals surface area (Å²) in [6.07, 6.45) is 9.91. The maximum Gasteiger partial charge on any atom is 0.166 e. The second kappa shape index (κ2) is 9.11. The summed E-state index contributed by atoms with van der Waals surface area (Å²) >= 11 is 0. The van der Waals surface area contributed by atoms with Crippen molar-refractivity contribution in [1.82, 2.24) is 9.80 Å². The van der Waals surface area contributed by atoms with Crippen LogP contribution in [0.1, 0.15) is 86.5 Å². The van der Waals surface area contributed by atoms with Gasteiger partial charge in [0.15, 0.2) is 23.0 Å². The molecule has 4 heterocycles. The van der Waals surface area contributed by atoms with Crippen LogP contribution in [0, 0.1) is 11.8 Å². The van der Waals surface area contributed by atoms with Gasteiger partial charge < -0.3 is 29.9 Å². The summed E-state index contributed by atoms with van der Waals surface area (Å²) < 4.78 is 13.6. The van der Waals surface area contributed by atoms with Crippen molar-refractivity contribution in [3.63, 3.8) is 0 Å². The van der Waals surface area contributed by atoms with Crippen molar-refractivity contribution in [2.45, 2.75) is 123 Å². The second-order valence-electron chi connectivity index (χ2n) is 18.2. The zero-order chi connectivity index (χ0) is 33.7. The molecule has 4 aliphatic heterocycles. The molecule has 0 radical (unpaired) electrons. The van der Waals surface area contributed by atoms with E-state index in [0.29, 0.717) is 73.0 Å². The molecule has 12 rings (SSSR count). The number of hydrogen-bond donors (Lipinski definition) is 4. The Kier molecular flexibility index (Phi) is 5.38. The number of rotatable bonds is 5. The molecule has 50 heavy (non-hydrogen) atoms. The van der Waals surface area contributed by atoms with Gasteiger partial charge in [0.2, 0.25) is 0 Å². The summed E-state index contributed by atoms with van der Waals surface area (Å²) in [5.41, 5.74) is 4.01. The Balaban J connectivity index is 1.04. The van der Waals surface area contributed by atoms with Crippen molar-refractivity contribution in [1.29, 1.82) is 0 Å². The SMILES string of the molecule is C=C1CC[C@@]2(O)[C@H]3Cc4cc(-c5cc6c7c(c5O)O[C@H]5C(=C)CC[C@@]8(O)[C@@H](C6)N(CC6CC6)CC[C@]758)c(O)c5c4[C@@]2(CCN3CC2CC2)[C@H]1O5. The summed E-state index contributed by atoms with van der Waals surface area (Å²) in [6.45, 7) is 12.8. The average molecular weight is 677 g/mol. The van der Waals surface area contributed by atoms with E-state index >= 15 is 0 Å². The smallest absolute Gasteiger partial charge is 0.166 e. The van der Waals surface area contributed by atoms with Gasteiger partial charge in [0.25, 0.3) is 0 Å². The van der Waals surface area contributed by atoms with Gasteiger partial charge in [0.1, 0.15) is 12.2 Å². The van der Waals surface area contributed by atoms with E-state index in [1.54, 1.807) is 0 Å². The Morgan fingerprint density at radius 1 is 0.660 bits per heavy atom. The fourth-order valence-electron chi connectivity index (χ4n) is 13.3. The normalized spacial score (nSPS) is 41.8. The van der Waals surface area contributed by atoms with Gasteiger partial charge in [-0.05, 0) is 136 Å². The van der Waals surface area contributed by atoms with Crippen LogP contribution in [-0.2, 0) is 23.7 Å². The Morgan fingerprint density at radius 3 is 1.48 bits per heavy atom. The molecule has 6 aliphatic carbocycles. The van der Waals surface area contributed by atoms with E-state index < -0.39 is 22.0 Å². The summed E-state index contributed by atoms with van der Waals surface area (Å²) in [7, 11) is 0. The highest BCUT2D eigenvalue weighted by molar-refractivity contribution is 5.86. The Bertz CT molecular complexity index is 1830. The minimum atomic E-state index is -0.954. The van der Waals surface area contributed by atoms with Crippen LogP contribution >= 0.6 is 0 Å². The molecule has 2 spiro atoms. The van der Waals surface area contributed by atoms with Gasteiger partial charge in [0.05, 0.1) is 22.0 Å². The van der Waals surface area contributed by atoms with Gasteiger partial charge in [-0.1, -0.05) is 13.2 Å². The van der Waals surface area contributed by atoms with E-state index in [1.807, 2.05) is 0 Å². The molecule has 2 aromatic rings. The van der Waals surface area contributed by atoms with Crippen molar-refractivity contribution in [3.05, 3.63) is 58.7 Å². The van der Waals surface area contributed by atoms with Crippen LogP contribution in [-0.4, -0.2) is 91.9 Å². The number of phenols is 2. The first-order valence-corrected chi connectivity index (χ1v) is 19.5. The average Bonchev–Trinajstić information content (AvgIpc) is 4.02. The Hall–Kier alpha value is -3.04. The fourth-order valence-corrected chi connectivity index (χ4v) is 13.3. The van der Waals surface area contributed by atoms with E-state index in [-0.39, 0.29) is 35.8 Å². The zero-order valence-corrected chi connectivity index (χ0v) is 28.8. The maximum absolute atomic E-state index is 12.8. The van der Waals surface area contributed by atoms with Crippen LogP contribution in [0.5, 0.6) is 23.0 Å². The number of benzene rings is 2. The van der Waals surface area contributed by atoms with Gasteiger partial charge >= 0.3 is 0 Å². The van der Waals surface area contributed by atoms with Crippen molar-refractivity contribution in [2.24, 2.45) is 11.8 Å². The molecule has 4 N–H and O–H groups in total. The molecule has 8 heteroatoms. The van der Waals surface area contributed by atoms with Crippen LogP contribution in [0.3, 0.4) is 0 Å². The predicted octanol–water partition coefficient (Wildman–Crippen LogP) is 5.01. The highest BCUT2D eigenvalue weighted by Crippen LogP contribution is 2.70. The van der Waals surface area contributed by atoms with E-state index in [4.69, 9.17) is 9.47 Å². The first kappa shape index (κ1) is 29.5. The maximum atomic E-state index is 12.8. The number of likely N-dealkylation sites (tertiary alicyclic amines) is 2. The molecule has 4 saturated carbocycles. The summed E-state index contributed by atoms with van der Waals surface area (Å²) in [4.78, 5) is 5.10. The highest BCUT2D eigenvalue weighted by Gasteiger charge is 2.74. The Morgan fingerprint density at radius 2 is 1.08 bits per heavy atom. The molecule has 0 unspecified atom stereocenters. The van der Waals surface area contributed by atoms with Crippen molar-refractivity contribution < 1.29 is 29.9 Å². The first-order chi connectivity index (χ1) is 24.1. The topological polar surface area (TPSA) is 106 Å². The van der Waals surface area contributed by atoms with Crippen molar-refractivity contribution in [2.75, 3.05) is 26.2 Å². The quantitative estimate of drug-likeness (QED) is 0.328. The number of ether oxygens (including phenoxy) is 2. The second-order valence-corrected chi connectivity index (χ2v) is 18.2. The number of hydrogen-bond acceptors (Lipinski definition) is 8. The van der Waals surface area contributed by atoms with Crippen LogP contribution < -0.4 is 9.47 Å². The fraction of sp³-hybridized carbons (Fsp3) is 0.619. The molecule has 2 saturated heterocycles. The number of aromatic hydroxyl groups is 2. The molecular weight excluding hydrogens is 628 g/mol. The van der Waals surface area contributed by atoms with Crippen LogP contribution in [0.2, 0.25) is 0 Å². The molecule has 8 nitrogen and oxygen atoms in total. The number of phenolic OH excluding ortho intramolecular Hbond substituents is 2. The van der Waals surface area contributed by atoms with E-state index in [2.05, 4.69) is 35.1 Å². The van der Waals surface area contributed by atoms with Crippen molar-refractivity contribution >= 4 is 0 Å². The van der Waals surface area contributed by atoms with Gasteiger partial charge in [0, 0.05) is 47.4 Å². The lowest BCUT2D eigenvalue weighted by Gasteiger charge is -2.63. The first-order valence-electron chi connectivity index (χ1n) is 19.5. The molecule has 6 fully saturated rings. The Labute approximate surface area is 293 Å². The summed E-state index contributed by atoms with van der Waals surface area (Å²) in [5.74, 6) is 2.37. The summed E-state index contributed by atoms with van der Waals surface area (Å²) in [5, 5.41) is 50.1. The molecule has 262 valence electrons. The van der Waals surface area contributed by atoms with Crippen LogP contribution in [0.15, 0.2) is 36.4 Å². The lowest BCUT2D eigenvalue weighted by molar-refractivity contribution is -0.174. The van der Waals surface area contributed by atoms with Gasteiger partial charge in [-0.15, -0.1) is 0 Å². The van der Waals surface area contributed by atoms with Gasteiger partial charge in [-0.3, -0.25) is 9.80 Å². The standard InChI is InChI=1S/C42H48N2O6/c1-21-7-9-41(47)29-17-25-15-27(33(45)35-31(25)39(41,37(21)49-35)11-13-43(29)19-23-3-4-23)28-16-26-18-30-42(48)10-8-22(2)38-40(42,32(26)36(50-38)34(28)46)12-14-44(30)20-24-5-6-24/h15-16,23-24,29-30,37-38,45-48H,1-14,17-20H2/t29-,30-,37+,38+,39+,40+,41-,42-/m1/s1. The third-order valence-corrected chi connectivity index (χ3v) is 15.9. The van der Waals surface area contributed by atoms with Gasteiger partial charge in [-0.2, -0.15) is 0 Å². The highest BCUT2D eigenvalue weighted by atomic mass is 16.5. The molecule has 10 aliphatic rings. The molecule has 0 amide bonds. The van der Waals surface area contributed by atoms with Crippen LogP contribution in [0.25, 0.3) is 11.1 Å². The molecular formula is C42H48N2O6. The minimum Gasteiger partial charge on any atom is -0.504 e. The van der Waals surface area contributed by atoms with E-state index in [1.165, 1.54) is 25.7 Å². The number of nitrogens with zero attached hydrogens (tertiary/aromatic N) is 2. The van der Waals surface area contributed by atoms with E-state index in [0.717, 1.165) is 72.4 Å². The van der Waals surface area contributed by atoms with Gasteiger partial charge in [-0.25, -0.2) is 0 Å². The number of piperidine rings is 2. The molecule has 0 aromatic heterocycles. The van der Waals surface area contributed by atoms with E-state index in [9.17, 15) is 20.4 Å². The van der Waals surface area contributed by atoms with Crippen molar-refractivity contribution in [3.8, 4) is 34.1 Å².